The first kappa shape index (κ1) is 16.2. The van der Waals surface area contributed by atoms with Crippen LogP contribution in [0.5, 0.6) is 17.2 Å². The van der Waals surface area contributed by atoms with E-state index in [2.05, 4.69) is 0 Å². The van der Waals surface area contributed by atoms with E-state index in [1.165, 1.54) is 0 Å². The predicted molar refractivity (Wildman–Crippen MR) is 86.1 cm³/mol. The van der Waals surface area contributed by atoms with Crippen LogP contribution in [0.3, 0.4) is 0 Å². The molecule has 0 aliphatic carbocycles. The van der Waals surface area contributed by atoms with E-state index in [0.29, 0.717) is 23.7 Å². The van der Waals surface area contributed by atoms with Gasteiger partial charge in [-0.15, -0.1) is 0 Å². The molecule has 0 saturated heterocycles. The molecule has 1 N–H and O–H groups in total. The lowest BCUT2D eigenvalue weighted by molar-refractivity contribution is 0.262. The second-order valence-electron chi connectivity index (χ2n) is 5.00. The van der Waals surface area contributed by atoms with Gasteiger partial charge in [0.2, 0.25) is 0 Å². The van der Waals surface area contributed by atoms with Gasteiger partial charge in [0, 0.05) is 23.6 Å². The van der Waals surface area contributed by atoms with Crippen molar-refractivity contribution in [2.45, 2.75) is 12.3 Å². The Morgan fingerprint density at radius 1 is 0.909 bits per heavy atom. The van der Waals surface area contributed by atoms with E-state index in [4.69, 9.17) is 14.2 Å². The molecule has 118 valence electrons. The van der Waals surface area contributed by atoms with Gasteiger partial charge in [0.1, 0.15) is 17.2 Å². The molecular weight excluding hydrogens is 280 g/mol. The average molecular weight is 302 g/mol. The Morgan fingerprint density at radius 2 is 1.50 bits per heavy atom. The van der Waals surface area contributed by atoms with E-state index in [1.54, 1.807) is 21.3 Å². The van der Waals surface area contributed by atoms with Gasteiger partial charge in [0.25, 0.3) is 0 Å². The molecule has 0 heterocycles. The van der Waals surface area contributed by atoms with Crippen molar-refractivity contribution in [1.82, 2.24) is 0 Å². The zero-order chi connectivity index (χ0) is 15.9. The van der Waals surface area contributed by atoms with Crippen LogP contribution in [0.4, 0.5) is 0 Å². The van der Waals surface area contributed by atoms with Crippen LogP contribution in [-0.4, -0.2) is 33.0 Å². The summed E-state index contributed by atoms with van der Waals surface area (Å²) in [5, 5.41) is 9.76. The first-order valence-corrected chi connectivity index (χ1v) is 7.18. The van der Waals surface area contributed by atoms with E-state index in [1.807, 2.05) is 42.5 Å². The SMILES string of the molecule is COc1cc(OC)c(CC(CO)c2ccccc2)c(OC)c1. The molecule has 1 unspecified atom stereocenters. The minimum Gasteiger partial charge on any atom is -0.496 e. The molecule has 0 aromatic heterocycles. The topological polar surface area (TPSA) is 47.9 Å². The summed E-state index contributed by atoms with van der Waals surface area (Å²) in [6.45, 7) is 0.0579. The second kappa shape index (κ2) is 7.71. The summed E-state index contributed by atoms with van der Waals surface area (Å²) in [6.07, 6.45) is 0.622. The van der Waals surface area contributed by atoms with E-state index in [9.17, 15) is 5.11 Å². The van der Waals surface area contributed by atoms with Crippen molar-refractivity contribution in [1.29, 1.82) is 0 Å². The molecule has 0 amide bonds. The summed E-state index contributed by atoms with van der Waals surface area (Å²) >= 11 is 0. The largest absolute Gasteiger partial charge is 0.496 e. The summed E-state index contributed by atoms with van der Waals surface area (Å²) < 4.78 is 16.2. The number of aliphatic hydroxyl groups excluding tert-OH is 1. The molecule has 0 spiro atoms. The van der Waals surface area contributed by atoms with E-state index < -0.39 is 0 Å². The molecule has 4 heteroatoms. The maximum absolute atomic E-state index is 9.76. The molecule has 0 radical (unpaired) electrons. The molecule has 0 saturated carbocycles. The molecule has 2 aromatic carbocycles. The van der Waals surface area contributed by atoms with Crippen molar-refractivity contribution in [3.05, 3.63) is 53.6 Å². The fourth-order valence-corrected chi connectivity index (χ4v) is 2.54. The summed E-state index contributed by atoms with van der Waals surface area (Å²) in [4.78, 5) is 0. The van der Waals surface area contributed by atoms with Gasteiger partial charge in [-0.1, -0.05) is 30.3 Å². The first-order chi connectivity index (χ1) is 10.7. The smallest absolute Gasteiger partial charge is 0.129 e. The Labute approximate surface area is 131 Å². The molecule has 0 bridgehead atoms. The lowest BCUT2D eigenvalue weighted by atomic mass is 9.91. The van der Waals surface area contributed by atoms with Crippen LogP contribution in [0.25, 0.3) is 0 Å². The molecule has 0 fully saturated rings. The Bertz CT molecular complexity index is 570. The average Bonchev–Trinajstić information content (AvgIpc) is 2.59. The predicted octanol–water partition coefficient (Wildman–Crippen LogP) is 3.03. The highest BCUT2D eigenvalue weighted by molar-refractivity contribution is 5.51. The Kier molecular flexibility index (Phi) is 5.67. The van der Waals surface area contributed by atoms with Crippen LogP contribution in [-0.2, 0) is 6.42 Å². The third-order valence-electron chi connectivity index (χ3n) is 3.76. The van der Waals surface area contributed by atoms with Crippen LogP contribution in [0.2, 0.25) is 0 Å². The number of rotatable bonds is 7. The number of hydrogen-bond donors (Lipinski definition) is 1. The summed E-state index contributed by atoms with van der Waals surface area (Å²) in [7, 11) is 4.84. The minimum atomic E-state index is -0.0163. The summed E-state index contributed by atoms with van der Waals surface area (Å²) in [5.41, 5.74) is 2.01. The molecule has 2 aromatic rings. The molecule has 4 nitrogen and oxygen atoms in total. The molecule has 0 aliphatic heterocycles. The van der Waals surface area contributed by atoms with Crippen LogP contribution >= 0.6 is 0 Å². The third kappa shape index (κ3) is 3.52. The first-order valence-electron chi connectivity index (χ1n) is 7.18. The van der Waals surface area contributed by atoms with Crippen LogP contribution in [0, 0.1) is 0 Å². The van der Waals surface area contributed by atoms with Crippen LogP contribution < -0.4 is 14.2 Å². The zero-order valence-electron chi connectivity index (χ0n) is 13.2. The standard InChI is InChI=1S/C18H22O4/c1-20-15-10-17(21-2)16(18(11-15)22-3)9-14(12-19)13-7-5-4-6-8-13/h4-8,10-11,14,19H,9,12H2,1-3H3. The maximum Gasteiger partial charge on any atom is 0.129 e. The van der Waals surface area contributed by atoms with Gasteiger partial charge in [-0.05, 0) is 12.0 Å². The van der Waals surface area contributed by atoms with E-state index in [0.717, 1.165) is 11.1 Å². The molecule has 22 heavy (non-hydrogen) atoms. The summed E-state index contributed by atoms with van der Waals surface area (Å²) in [5.74, 6) is 2.06. The van der Waals surface area contributed by atoms with Crippen molar-refractivity contribution < 1.29 is 19.3 Å². The van der Waals surface area contributed by atoms with Crippen molar-refractivity contribution in [3.63, 3.8) is 0 Å². The van der Waals surface area contributed by atoms with Gasteiger partial charge in [-0.2, -0.15) is 0 Å². The number of ether oxygens (including phenoxy) is 3. The van der Waals surface area contributed by atoms with Gasteiger partial charge < -0.3 is 19.3 Å². The quantitative estimate of drug-likeness (QED) is 0.854. The van der Waals surface area contributed by atoms with Gasteiger partial charge in [0.15, 0.2) is 0 Å². The van der Waals surface area contributed by atoms with Gasteiger partial charge in [-0.3, -0.25) is 0 Å². The second-order valence-corrected chi connectivity index (χ2v) is 5.00. The highest BCUT2D eigenvalue weighted by Gasteiger charge is 2.19. The highest BCUT2D eigenvalue weighted by atomic mass is 16.5. The molecule has 2 rings (SSSR count). The molecule has 1 atom stereocenters. The van der Waals surface area contributed by atoms with Gasteiger partial charge in [-0.25, -0.2) is 0 Å². The highest BCUT2D eigenvalue weighted by Crippen LogP contribution is 2.37. The van der Waals surface area contributed by atoms with E-state index >= 15 is 0 Å². The normalized spacial score (nSPS) is 11.8. The van der Waals surface area contributed by atoms with E-state index in [-0.39, 0.29) is 12.5 Å². The monoisotopic (exact) mass is 302 g/mol. The minimum absolute atomic E-state index is 0.0163. The lowest BCUT2D eigenvalue weighted by Gasteiger charge is -2.19. The number of hydrogen-bond acceptors (Lipinski definition) is 4. The number of benzene rings is 2. The van der Waals surface area contributed by atoms with Crippen LogP contribution in [0.1, 0.15) is 17.0 Å². The summed E-state index contributed by atoms with van der Waals surface area (Å²) in [6, 6.07) is 13.6. The lowest BCUT2D eigenvalue weighted by Crippen LogP contribution is -2.10. The Balaban J connectivity index is 2.38. The number of aliphatic hydroxyl groups is 1. The maximum atomic E-state index is 9.76. The Morgan fingerprint density at radius 3 is 1.95 bits per heavy atom. The van der Waals surface area contributed by atoms with Crippen molar-refractivity contribution >= 4 is 0 Å². The fourth-order valence-electron chi connectivity index (χ4n) is 2.54. The Hall–Kier alpha value is -2.20. The van der Waals surface area contributed by atoms with Crippen molar-refractivity contribution in [3.8, 4) is 17.2 Å². The number of methoxy groups -OCH3 is 3. The van der Waals surface area contributed by atoms with Crippen molar-refractivity contribution in [2.75, 3.05) is 27.9 Å². The van der Waals surface area contributed by atoms with Gasteiger partial charge in [0.05, 0.1) is 27.9 Å². The molecular formula is C18H22O4. The molecule has 0 aliphatic rings. The zero-order valence-corrected chi connectivity index (χ0v) is 13.2. The van der Waals surface area contributed by atoms with Crippen molar-refractivity contribution in [2.24, 2.45) is 0 Å². The fraction of sp³-hybridized carbons (Fsp3) is 0.333. The van der Waals surface area contributed by atoms with Gasteiger partial charge >= 0.3 is 0 Å². The van der Waals surface area contributed by atoms with Crippen LogP contribution in [0.15, 0.2) is 42.5 Å². The third-order valence-corrected chi connectivity index (χ3v) is 3.76.